The highest BCUT2D eigenvalue weighted by Gasteiger charge is 2.18. The Labute approximate surface area is 108 Å². The molecular formula is C15H21FN2. The highest BCUT2D eigenvalue weighted by Crippen LogP contribution is 2.25. The summed E-state index contributed by atoms with van der Waals surface area (Å²) in [5.41, 5.74) is 1.91. The van der Waals surface area contributed by atoms with Gasteiger partial charge in [-0.05, 0) is 56.3 Å². The number of benzene rings is 1. The van der Waals surface area contributed by atoms with Gasteiger partial charge in [-0.3, -0.25) is 0 Å². The zero-order valence-corrected chi connectivity index (χ0v) is 10.8. The van der Waals surface area contributed by atoms with E-state index in [0.717, 1.165) is 37.3 Å². The molecule has 1 atom stereocenters. The highest BCUT2D eigenvalue weighted by atomic mass is 19.1. The zero-order chi connectivity index (χ0) is 12.4. The summed E-state index contributed by atoms with van der Waals surface area (Å²) in [4.78, 5) is 2.16. The molecule has 1 N–H and O–H groups in total. The lowest BCUT2D eigenvalue weighted by Gasteiger charge is -2.19. The molecule has 2 fully saturated rings. The van der Waals surface area contributed by atoms with E-state index in [2.05, 4.69) is 16.3 Å². The number of rotatable bonds is 3. The SMILES string of the molecule is Fc1cc(CC2CCCN2)ccc1N1CCCC1. The molecule has 3 heteroatoms. The maximum Gasteiger partial charge on any atom is 0.146 e. The molecule has 0 spiro atoms. The predicted octanol–water partition coefficient (Wildman–Crippen LogP) is 2.72. The summed E-state index contributed by atoms with van der Waals surface area (Å²) in [6.45, 7) is 3.11. The van der Waals surface area contributed by atoms with Gasteiger partial charge in [0.05, 0.1) is 5.69 Å². The van der Waals surface area contributed by atoms with Gasteiger partial charge < -0.3 is 10.2 Å². The van der Waals surface area contributed by atoms with Crippen LogP contribution in [0.25, 0.3) is 0 Å². The quantitative estimate of drug-likeness (QED) is 0.885. The van der Waals surface area contributed by atoms with E-state index in [0.29, 0.717) is 6.04 Å². The number of hydrogen-bond acceptors (Lipinski definition) is 2. The molecule has 0 aromatic heterocycles. The summed E-state index contributed by atoms with van der Waals surface area (Å²) in [5.74, 6) is -0.0487. The molecule has 2 aliphatic rings. The van der Waals surface area contributed by atoms with Crippen LogP contribution in [0.5, 0.6) is 0 Å². The van der Waals surface area contributed by atoms with Gasteiger partial charge in [0.25, 0.3) is 0 Å². The van der Waals surface area contributed by atoms with Gasteiger partial charge in [0.15, 0.2) is 0 Å². The molecule has 0 saturated carbocycles. The van der Waals surface area contributed by atoms with Crippen LogP contribution in [-0.4, -0.2) is 25.7 Å². The Balaban J connectivity index is 1.71. The minimum Gasteiger partial charge on any atom is -0.369 e. The van der Waals surface area contributed by atoms with Crippen molar-refractivity contribution in [3.05, 3.63) is 29.6 Å². The normalized spacial score (nSPS) is 23.8. The molecule has 0 bridgehead atoms. The number of nitrogens with one attached hydrogen (secondary N) is 1. The lowest BCUT2D eigenvalue weighted by molar-refractivity contribution is 0.592. The lowest BCUT2D eigenvalue weighted by Crippen LogP contribution is -2.24. The summed E-state index contributed by atoms with van der Waals surface area (Å²) in [6.07, 6.45) is 5.80. The van der Waals surface area contributed by atoms with Crippen molar-refractivity contribution < 1.29 is 4.39 Å². The Morgan fingerprint density at radius 2 is 2.06 bits per heavy atom. The van der Waals surface area contributed by atoms with Crippen LogP contribution in [0.3, 0.4) is 0 Å². The van der Waals surface area contributed by atoms with Gasteiger partial charge in [-0.2, -0.15) is 0 Å². The number of halogens is 1. The van der Waals surface area contributed by atoms with E-state index in [1.807, 2.05) is 6.07 Å². The third-order valence-corrected chi connectivity index (χ3v) is 4.10. The molecule has 2 aliphatic heterocycles. The first-order valence-electron chi connectivity index (χ1n) is 7.10. The predicted molar refractivity (Wildman–Crippen MR) is 72.6 cm³/mol. The number of anilines is 1. The molecule has 2 heterocycles. The van der Waals surface area contributed by atoms with E-state index in [-0.39, 0.29) is 5.82 Å². The van der Waals surface area contributed by atoms with Gasteiger partial charge in [0.2, 0.25) is 0 Å². The molecular weight excluding hydrogens is 227 g/mol. The van der Waals surface area contributed by atoms with Crippen molar-refractivity contribution in [3.63, 3.8) is 0 Å². The third-order valence-electron chi connectivity index (χ3n) is 4.10. The van der Waals surface area contributed by atoms with E-state index in [1.165, 1.54) is 25.7 Å². The smallest absolute Gasteiger partial charge is 0.146 e. The number of nitrogens with zero attached hydrogens (tertiary/aromatic N) is 1. The second-order valence-corrected chi connectivity index (χ2v) is 5.48. The van der Waals surface area contributed by atoms with Crippen molar-refractivity contribution in [3.8, 4) is 0 Å². The Morgan fingerprint density at radius 1 is 1.22 bits per heavy atom. The standard InChI is InChI=1S/C15H21FN2/c16-14-11-12(10-13-4-3-7-17-13)5-6-15(14)18-8-1-2-9-18/h5-6,11,13,17H,1-4,7-10H2. The molecule has 3 rings (SSSR count). The van der Waals surface area contributed by atoms with Crippen LogP contribution in [0.2, 0.25) is 0 Å². The van der Waals surface area contributed by atoms with Crippen LogP contribution in [0.4, 0.5) is 10.1 Å². The molecule has 1 unspecified atom stereocenters. The van der Waals surface area contributed by atoms with Crippen molar-refractivity contribution >= 4 is 5.69 Å². The van der Waals surface area contributed by atoms with Crippen molar-refractivity contribution in [2.45, 2.75) is 38.1 Å². The molecule has 2 nitrogen and oxygen atoms in total. The fourth-order valence-electron chi connectivity index (χ4n) is 3.11. The Bertz CT molecular complexity index is 407. The topological polar surface area (TPSA) is 15.3 Å². The van der Waals surface area contributed by atoms with Crippen LogP contribution in [0.15, 0.2) is 18.2 Å². The van der Waals surface area contributed by atoms with E-state index in [1.54, 1.807) is 6.07 Å². The fraction of sp³-hybridized carbons (Fsp3) is 0.600. The second-order valence-electron chi connectivity index (χ2n) is 5.48. The van der Waals surface area contributed by atoms with Crippen molar-refractivity contribution in [1.29, 1.82) is 0 Å². The van der Waals surface area contributed by atoms with Crippen molar-refractivity contribution in [1.82, 2.24) is 5.32 Å². The van der Waals surface area contributed by atoms with Crippen LogP contribution in [-0.2, 0) is 6.42 Å². The molecule has 0 radical (unpaired) electrons. The lowest BCUT2D eigenvalue weighted by atomic mass is 10.0. The Hall–Kier alpha value is -1.09. The monoisotopic (exact) mass is 248 g/mol. The third kappa shape index (κ3) is 2.51. The largest absolute Gasteiger partial charge is 0.369 e. The average Bonchev–Trinajstić information content (AvgIpc) is 3.01. The van der Waals surface area contributed by atoms with Gasteiger partial charge >= 0.3 is 0 Å². The molecule has 1 aromatic rings. The van der Waals surface area contributed by atoms with Gasteiger partial charge in [0.1, 0.15) is 5.82 Å². The minimum atomic E-state index is -0.0487. The summed E-state index contributed by atoms with van der Waals surface area (Å²) >= 11 is 0. The first-order chi connectivity index (χ1) is 8.83. The molecule has 1 aromatic carbocycles. The summed E-state index contributed by atoms with van der Waals surface area (Å²) in [5, 5.41) is 3.46. The van der Waals surface area contributed by atoms with Crippen molar-refractivity contribution in [2.24, 2.45) is 0 Å². The average molecular weight is 248 g/mol. The maximum atomic E-state index is 14.1. The van der Waals surface area contributed by atoms with Crippen LogP contribution < -0.4 is 10.2 Å². The first-order valence-corrected chi connectivity index (χ1v) is 7.10. The maximum absolute atomic E-state index is 14.1. The molecule has 0 aliphatic carbocycles. The molecule has 18 heavy (non-hydrogen) atoms. The van der Waals surface area contributed by atoms with Gasteiger partial charge in [-0.15, -0.1) is 0 Å². The van der Waals surface area contributed by atoms with Gasteiger partial charge in [-0.25, -0.2) is 4.39 Å². The van der Waals surface area contributed by atoms with E-state index in [9.17, 15) is 4.39 Å². The van der Waals surface area contributed by atoms with Gasteiger partial charge in [-0.1, -0.05) is 6.07 Å². The summed E-state index contributed by atoms with van der Waals surface area (Å²) in [6, 6.07) is 6.33. The molecule has 2 saturated heterocycles. The second kappa shape index (κ2) is 5.27. The highest BCUT2D eigenvalue weighted by molar-refractivity contribution is 5.50. The van der Waals surface area contributed by atoms with E-state index in [4.69, 9.17) is 0 Å². The van der Waals surface area contributed by atoms with Crippen molar-refractivity contribution in [2.75, 3.05) is 24.5 Å². The Kier molecular flexibility index (Phi) is 3.50. The van der Waals surface area contributed by atoms with Crippen LogP contribution in [0.1, 0.15) is 31.2 Å². The number of hydrogen-bond donors (Lipinski definition) is 1. The van der Waals surface area contributed by atoms with Gasteiger partial charge in [0, 0.05) is 19.1 Å². The Morgan fingerprint density at radius 3 is 2.72 bits per heavy atom. The first kappa shape index (κ1) is 12.0. The van der Waals surface area contributed by atoms with E-state index >= 15 is 0 Å². The molecule has 98 valence electrons. The van der Waals surface area contributed by atoms with Crippen LogP contribution in [0, 0.1) is 5.82 Å². The zero-order valence-electron chi connectivity index (χ0n) is 10.8. The fourth-order valence-corrected chi connectivity index (χ4v) is 3.11. The van der Waals surface area contributed by atoms with E-state index < -0.39 is 0 Å². The molecule has 0 amide bonds. The summed E-state index contributed by atoms with van der Waals surface area (Å²) < 4.78 is 14.1. The van der Waals surface area contributed by atoms with Crippen LogP contribution >= 0.6 is 0 Å². The summed E-state index contributed by atoms with van der Waals surface area (Å²) in [7, 11) is 0. The minimum absolute atomic E-state index is 0.0487.